The first-order valence-corrected chi connectivity index (χ1v) is 8.47. The molecule has 3 heterocycles. The van der Waals surface area contributed by atoms with Crippen LogP contribution in [0.4, 0.5) is 5.69 Å². The molecule has 1 aliphatic heterocycles. The molecule has 0 unspecified atom stereocenters. The fourth-order valence-electron chi connectivity index (χ4n) is 3.67. The second kappa shape index (κ2) is 6.51. The van der Waals surface area contributed by atoms with Gasteiger partial charge in [-0.3, -0.25) is 14.8 Å². The van der Waals surface area contributed by atoms with Gasteiger partial charge in [0.1, 0.15) is 0 Å². The van der Waals surface area contributed by atoms with Crippen molar-refractivity contribution in [3.05, 3.63) is 66.6 Å². The van der Waals surface area contributed by atoms with Gasteiger partial charge in [-0.05, 0) is 23.8 Å². The number of likely N-dealkylation sites (tertiary alicyclic amines) is 1. The van der Waals surface area contributed by atoms with Gasteiger partial charge in [0.2, 0.25) is 5.91 Å². The van der Waals surface area contributed by atoms with E-state index in [-0.39, 0.29) is 17.9 Å². The summed E-state index contributed by atoms with van der Waals surface area (Å²) in [4.78, 5) is 22.7. The molecule has 1 fully saturated rings. The number of para-hydroxylation sites is 1. The normalized spacial score (nSPS) is 20.2. The molecule has 5 nitrogen and oxygen atoms in total. The van der Waals surface area contributed by atoms with Gasteiger partial charge in [0.25, 0.3) is 0 Å². The lowest BCUT2D eigenvalue weighted by atomic mass is 9.94. The Hall–Kier alpha value is -2.95. The number of anilines is 1. The molecule has 4 rings (SSSR count). The summed E-state index contributed by atoms with van der Waals surface area (Å²) >= 11 is 0. The van der Waals surface area contributed by atoms with E-state index in [1.54, 1.807) is 6.20 Å². The summed E-state index contributed by atoms with van der Waals surface area (Å²) in [6, 6.07) is 14.1. The molecule has 1 amide bonds. The van der Waals surface area contributed by atoms with Crippen molar-refractivity contribution in [1.82, 2.24) is 14.9 Å². The maximum absolute atomic E-state index is 12.3. The Kier molecular flexibility index (Phi) is 4.06. The monoisotopic (exact) mass is 332 g/mol. The summed E-state index contributed by atoms with van der Waals surface area (Å²) in [6.07, 6.45) is 5.98. The van der Waals surface area contributed by atoms with Crippen LogP contribution in [0, 0.1) is 5.92 Å². The zero-order chi connectivity index (χ0) is 17.2. The molecule has 0 bridgehead atoms. The first-order chi connectivity index (χ1) is 12.2. The van der Waals surface area contributed by atoms with Gasteiger partial charge in [-0.25, -0.2) is 0 Å². The largest absolute Gasteiger partial charge is 0.384 e. The van der Waals surface area contributed by atoms with Crippen molar-refractivity contribution < 1.29 is 4.79 Å². The molecule has 1 aromatic carbocycles. The third kappa shape index (κ3) is 2.93. The van der Waals surface area contributed by atoms with Crippen LogP contribution in [-0.2, 0) is 4.79 Å². The molecule has 1 N–H and O–H groups in total. The Bertz CT molecular complexity index is 891. The van der Waals surface area contributed by atoms with Crippen LogP contribution in [-0.4, -0.2) is 34.4 Å². The molecule has 1 saturated heterocycles. The van der Waals surface area contributed by atoms with Crippen LogP contribution in [0.3, 0.4) is 0 Å². The molecule has 25 heavy (non-hydrogen) atoms. The lowest BCUT2D eigenvalue weighted by Crippen LogP contribution is -2.26. The van der Waals surface area contributed by atoms with E-state index in [2.05, 4.69) is 21.4 Å². The Morgan fingerprint density at radius 2 is 2.04 bits per heavy atom. The number of carbonyl (C=O) groups is 1. The molecular weight excluding hydrogens is 312 g/mol. The lowest BCUT2D eigenvalue weighted by molar-refractivity contribution is -0.127. The highest BCUT2D eigenvalue weighted by atomic mass is 16.2. The minimum Gasteiger partial charge on any atom is -0.384 e. The van der Waals surface area contributed by atoms with Crippen LogP contribution in [0.25, 0.3) is 10.9 Å². The first kappa shape index (κ1) is 15.6. The van der Waals surface area contributed by atoms with Crippen LogP contribution in [0.1, 0.15) is 18.0 Å². The van der Waals surface area contributed by atoms with E-state index in [0.29, 0.717) is 6.42 Å². The molecule has 0 aliphatic carbocycles. The third-order valence-corrected chi connectivity index (χ3v) is 4.92. The molecule has 2 atom stereocenters. The van der Waals surface area contributed by atoms with Gasteiger partial charge in [0.05, 0.1) is 11.6 Å². The van der Waals surface area contributed by atoms with E-state index in [0.717, 1.165) is 28.7 Å². The van der Waals surface area contributed by atoms with Gasteiger partial charge in [-0.15, -0.1) is 0 Å². The minimum absolute atomic E-state index is 0.0572. The molecule has 126 valence electrons. The molecule has 1 aliphatic rings. The summed E-state index contributed by atoms with van der Waals surface area (Å²) in [7, 11) is 1.88. The van der Waals surface area contributed by atoms with Gasteiger partial charge >= 0.3 is 0 Å². The van der Waals surface area contributed by atoms with Crippen molar-refractivity contribution in [1.29, 1.82) is 0 Å². The minimum atomic E-state index is 0.0572. The maximum Gasteiger partial charge on any atom is 0.223 e. The maximum atomic E-state index is 12.3. The Labute approximate surface area is 146 Å². The van der Waals surface area contributed by atoms with Crippen molar-refractivity contribution in [2.75, 3.05) is 18.9 Å². The second-order valence-corrected chi connectivity index (χ2v) is 6.46. The van der Waals surface area contributed by atoms with Crippen LogP contribution in [0.2, 0.25) is 0 Å². The zero-order valence-electron chi connectivity index (χ0n) is 14.1. The van der Waals surface area contributed by atoms with Gasteiger partial charge in [0.15, 0.2) is 0 Å². The van der Waals surface area contributed by atoms with Crippen molar-refractivity contribution in [2.45, 2.75) is 12.5 Å². The topological polar surface area (TPSA) is 58.1 Å². The summed E-state index contributed by atoms with van der Waals surface area (Å²) in [5.41, 5.74) is 3.11. The van der Waals surface area contributed by atoms with E-state index < -0.39 is 0 Å². The Balaban J connectivity index is 1.58. The van der Waals surface area contributed by atoms with Gasteiger partial charge in [0, 0.05) is 55.6 Å². The number of aromatic nitrogens is 2. The number of hydrogen-bond acceptors (Lipinski definition) is 4. The molecule has 5 heteroatoms. The Morgan fingerprint density at radius 1 is 1.16 bits per heavy atom. The van der Waals surface area contributed by atoms with Crippen molar-refractivity contribution in [3.63, 3.8) is 0 Å². The van der Waals surface area contributed by atoms with Crippen LogP contribution in [0.5, 0.6) is 0 Å². The number of carbonyl (C=O) groups excluding carboxylic acids is 1. The number of nitrogens with one attached hydrogen (secondary N) is 1. The van der Waals surface area contributed by atoms with Crippen LogP contribution >= 0.6 is 0 Å². The van der Waals surface area contributed by atoms with Crippen molar-refractivity contribution >= 4 is 22.5 Å². The highest BCUT2D eigenvalue weighted by Gasteiger charge is 2.38. The zero-order valence-corrected chi connectivity index (χ0v) is 14.1. The number of benzene rings is 1. The summed E-state index contributed by atoms with van der Waals surface area (Å²) < 4.78 is 0. The fourth-order valence-corrected chi connectivity index (χ4v) is 3.67. The van der Waals surface area contributed by atoms with E-state index in [1.165, 1.54) is 0 Å². The quantitative estimate of drug-likeness (QED) is 0.797. The number of nitrogens with zero attached hydrogens (tertiary/aromatic N) is 3. The highest BCUT2D eigenvalue weighted by Crippen LogP contribution is 2.37. The van der Waals surface area contributed by atoms with Crippen molar-refractivity contribution in [2.24, 2.45) is 5.92 Å². The standard InChI is InChI=1S/C20H20N4O/c1-24-19(25)11-15(20(24)14-5-4-9-21-12-14)13-23-18-8-10-22-17-7-3-2-6-16(17)18/h2-10,12,15,20H,11,13H2,1H3,(H,22,23)/t15-,20-/m0/s1. The van der Waals surface area contributed by atoms with E-state index >= 15 is 0 Å². The average molecular weight is 332 g/mol. The van der Waals surface area contributed by atoms with E-state index in [4.69, 9.17) is 0 Å². The molecule has 0 spiro atoms. The SMILES string of the molecule is CN1C(=O)C[C@@H](CNc2ccnc3ccccc23)[C@@H]1c1cccnc1. The number of hydrogen-bond donors (Lipinski definition) is 1. The second-order valence-electron chi connectivity index (χ2n) is 6.46. The average Bonchev–Trinajstić information content (AvgIpc) is 2.94. The van der Waals surface area contributed by atoms with E-state index in [9.17, 15) is 4.79 Å². The predicted octanol–water partition coefficient (Wildman–Crippen LogP) is 3.26. The lowest BCUT2D eigenvalue weighted by Gasteiger charge is -2.25. The molecule has 3 aromatic rings. The summed E-state index contributed by atoms with van der Waals surface area (Å²) in [5, 5.41) is 4.63. The van der Waals surface area contributed by atoms with Gasteiger partial charge in [-0.1, -0.05) is 24.3 Å². The van der Waals surface area contributed by atoms with E-state index in [1.807, 2.05) is 60.7 Å². The molecule has 2 aromatic heterocycles. The van der Waals surface area contributed by atoms with Crippen molar-refractivity contribution in [3.8, 4) is 0 Å². The summed E-state index contributed by atoms with van der Waals surface area (Å²) in [5.74, 6) is 0.383. The van der Waals surface area contributed by atoms with Crippen LogP contribution in [0.15, 0.2) is 61.1 Å². The Morgan fingerprint density at radius 3 is 2.88 bits per heavy atom. The third-order valence-electron chi connectivity index (χ3n) is 4.92. The molecular formula is C20H20N4O. The molecule has 0 saturated carbocycles. The predicted molar refractivity (Wildman–Crippen MR) is 98.1 cm³/mol. The summed E-state index contributed by atoms with van der Waals surface area (Å²) in [6.45, 7) is 0.726. The number of amides is 1. The van der Waals surface area contributed by atoms with Gasteiger partial charge < -0.3 is 10.2 Å². The fraction of sp³-hybridized carbons (Fsp3) is 0.250. The number of rotatable bonds is 4. The highest BCUT2D eigenvalue weighted by molar-refractivity contribution is 5.90. The number of fused-ring (bicyclic) bond motifs is 1. The molecule has 0 radical (unpaired) electrons. The smallest absolute Gasteiger partial charge is 0.223 e. The van der Waals surface area contributed by atoms with Crippen LogP contribution < -0.4 is 5.32 Å². The van der Waals surface area contributed by atoms with Gasteiger partial charge in [-0.2, -0.15) is 0 Å². The number of pyridine rings is 2. The first-order valence-electron chi connectivity index (χ1n) is 8.47.